The number of hydrogen-bond donors (Lipinski definition) is 1. The molecule has 0 saturated heterocycles. The van der Waals surface area contributed by atoms with Crippen LogP contribution in [0.25, 0.3) is 0 Å². The lowest BCUT2D eigenvalue weighted by Gasteiger charge is -2.28. The Kier molecular flexibility index (Phi) is 6.09. The lowest BCUT2D eigenvalue weighted by atomic mass is 9.83. The highest BCUT2D eigenvalue weighted by atomic mass is 16.5. The average molecular weight is 366 g/mol. The second-order valence-corrected chi connectivity index (χ2v) is 7.06. The summed E-state index contributed by atoms with van der Waals surface area (Å²) in [7, 11) is 1.30. The molecule has 142 valence electrons. The zero-order chi connectivity index (χ0) is 19.3. The van der Waals surface area contributed by atoms with Gasteiger partial charge in [0.15, 0.2) is 5.60 Å². The Morgan fingerprint density at radius 2 is 1.81 bits per heavy atom. The number of ether oxygens (including phenoxy) is 2. The van der Waals surface area contributed by atoms with Gasteiger partial charge in [-0.2, -0.15) is 0 Å². The minimum Gasteiger partial charge on any atom is -0.467 e. The topological polar surface area (TPSA) is 55.8 Å². The van der Waals surface area contributed by atoms with E-state index in [-0.39, 0.29) is 11.8 Å². The third-order valence-corrected chi connectivity index (χ3v) is 5.50. The molecule has 0 aliphatic heterocycles. The van der Waals surface area contributed by atoms with Gasteiger partial charge in [0, 0.05) is 5.92 Å². The van der Waals surface area contributed by atoms with E-state index in [2.05, 4.69) is 6.58 Å². The molecular formula is C23H26O4. The van der Waals surface area contributed by atoms with Crippen molar-refractivity contribution in [3.8, 4) is 0 Å². The number of hydrogen-bond acceptors (Lipinski definition) is 4. The highest BCUT2D eigenvalue weighted by Crippen LogP contribution is 2.50. The molecule has 1 aliphatic carbocycles. The molecule has 3 rings (SSSR count). The first-order valence-electron chi connectivity index (χ1n) is 9.20. The number of esters is 1. The van der Waals surface area contributed by atoms with Crippen LogP contribution in [0.5, 0.6) is 0 Å². The second-order valence-electron chi connectivity index (χ2n) is 7.06. The van der Waals surface area contributed by atoms with Gasteiger partial charge in [-0.05, 0) is 29.4 Å². The van der Waals surface area contributed by atoms with Crippen molar-refractivity contribution in [1.82, 2.24) is 0 Å². The van der Waals surface area contributed by atoms with Gasteiger partial charge in [0.25, 0.3) is 0 Å². The van der Waals surface area contributed by atoms with Gasteiger partial charge >= 0.3 is 5.97 Å². The molecule has 0 bridgehead atoms. The van der Waals surface area contributed by atoms with E-state index in [0.717, 1.165) is 11.1 Å². The molecule has 0 heterocycles. The molecule has 0 amide bonds. The fourth-order valence-electron chi connectivity index (χ4n) is 4.17. The van der Waals surface area contributed by atoms with Crippen molar-refractivity contribution in [3.63, 3.8) is 0 Å². The van der Waals surface area contributed by atoms with Crippen LogP contribution in [0.1, 0.15) is 23.5 Å². The van der Waals surface area contributed by atoms with Crippen LogP contribution in [0.4, 0.5) is 0 Å². The second kappa shape index (κ2) is 8.51. The highest BCUT2D eigenvalue weighted by Gasteiger charge is 2.56. The van der Waals surface area contributed by atoms with E-state index in [1.165, 1.54) is 7.11 Å². The summed E-state index contributed by atoms with van der Waals surface area (Å²) >= 11 is 0. The Hall–Kier alpha value is -2.43. The fraction of sp³-hybridized carbons (Fsp3) is 0.348. The van der Waals surface area contributed by atoms with Gasteiger partial charge < -0.3 is 14.6 Å². The molecule has 27 heavy (non-hydrogen) atoms. The number of rotatable bonds is 7. The first-order valence-corrected chi connectivity index (χ1v) is 9.20. The van der Waals surface area contributed by atoms with Crippen LogP contribution >= 0.6 is 0 Å². The van der Waals surface area contributed by atoms with Crippen LogP contribution in [0.3, 0.4) is 0 Å². The molecule has 2 aromatic rings. The molecule has 4 heteroatoms. The molecule has 0 spiro atoms. The summed E-state index contributed by atoms with van der Waals surface area (Å²) in [5, 5.41) is 11.1. The molecule has 4 atom stereocenters. The SMILES string of the molecule is C=C[C@H]1[C@H](COCc2ccccc2)[C@@H](c2ccccc2)C[C@]1(O)C(=O)OC. The normalized spacial score (nSPS) is 27.3. The van der Waals surface area contributed by atoms with Crippen LogP contribution < -0.4 is 0 Å². The van der Waals surface area contributed by atoms with E-state index in [9.17, 15) is 9.90 Å². The summed E-state index contributed by atoms with van der Waals surface area (Å²) in [6, 6.07) is 19.9. The van der Waals surface area contributed by atoms with E-state index in [0.29, 0.717) is 19.6 Å². The smallest absolute Gasteiger partial charge is 0.338 e. The fourth-order valence-corrected chi connectivity index (χ4v) is 4.17. The molecule has 0 aromatic heterocycles. The van der Waals surface area contributed by atoms with Crippen LogP contribution in [-0.4, -0.2) is 30.4 Å². The summed E-state index contributed by atoms with van der Waals surface area (Å²) in [5.41, 5.74) is 0.584. The third-order valence-electron chi connectivity index (χ3n) is 5.50. The van der Waals surface area contributed by atoms with Gasteiger partial charge in [-0.15, -0.1) is 6.58 Å². The van der Waals surface area contributed by atoms with Crippen molar-refractivity contribution < 1.29 is 19.4 Å². The predicted octanol–water partition coefficient (Wildman–Crippen LogP) is 3.71. The van der Waals surface area contributed by atoms with Gasteiger partial charge in [0.1, 0.15) is 0 Å². The molecular weight excluding hydrogens is 340 g/mol. The summed E-state index contributed by atoms with van der Waals surface area (Å²) in [5.74, 6) is -1.14. The van der Waals surface area contributed by atoms with E-state index in [4.69, 9.17) is 9.47 Å². The van der Waals surface area contributed by atoms with Crippen LogP contribution in [-0.2, 0) is 20.9 Å². The zero-order valence-electron chi connectivity index (χ0n) is 15.6. The standard InChI is InChI=1S/C23H26O4/c1-3-21-20(16-27-15-17-10-6-4-7-11-17)19(18-12-8-5-9-13-18)14-23(21,25)22(24)26-2/h3-13,19-21,25H,1,14-16H2,2H3/t19-,20-,21+,23-/m1/s1. The lowest BCUT2D eigenvalue weighted by molar-refractivity contribution is -0.165. The molecule has 4 nitrogen and oxygen atoms in total. The van der Waals surface area contributed by atoms with Gasteiger partial charge in [0.05, 0.1) is 20.3 Å². The Morgan fingerprint density at radius 3 is 2.41 bits per heavy atom. The van der Waals surface area contributed by atoms with Gasteiger partial charge in [-0.1, -0.05) is 66.7 Å². The third kappa shape index (κ3) is 3.97. The van der Waals surface area contributed by atoms with Gasteiger partial charge in [-0.25, -0.2) is 4.79 Å². The van der Waals surface area contributed by atoms with Gasteiger partial charge in [0.2, 0.25) is 0 Å². The predicted molar refractivity (Wildman–Crippen MR) is 104 cm³/mol. The molecule has 1 fully saturated rings. The van der Waals surface area contributed by atoms with Crippen molar-refractivity contribution in [3.05, 3.63) is 84.4 Å². The first kappa shape index (κ1) is 19.3. The molecule has 2 aromatic carbocycles. The number of aliphatic hydroxyl groups is 1. The summed E-state index contributed by atoms with van der Waals surface area (Å²) in [6.45, 7) is 4.78. The Balaban J connectivity index is 1.83. The lowest BCUT2D eigenvalue weighted by Crippen LogP contribution is -2.44. The maximum atomic E-state index is 12.4. The largest absolute Gasteiger partial charge is 0.467 e. The van der Waals surface area contributed by atoms with Crippen molar-refractivity contribution in [2.45, 2.75) is 24.5 Å². The molecule has 0 unspecified atom stereocenters. The number of methoxy groups -OCH3 is 1. The summed E-state index contributed by atoms with van der Waals surface area (Å²) in [4.78, 5) is 12.4. The highest BCUT2D eigenvalue weighted by molar-refractivity contribution is 5.81. The molecule has 0 radical (unpaired) electrons. The molecule has 1 aliphatic rings. The minimum absolute atomic E-state index is 0.0194. The number of carbonyl (C=O) groups is 1. The monoisotopic (exact) mass is 366 g/mol. The van der Waals surface area contributed by atoms with Crippen molar-refractivity contribution >= 4 is 5.97 Å². The summed E-state index contributed by atoms with van der Waals surface area (Å²) < 4.78 is 10.9. The van der Waals surface area contributed by atoms with Crippen molar-refractivity contribution in [2.24, 2.45) is 11.8 Å². The Morgan fingerprint density at radius 1 is 1.19 bits per heavy atom. The molecule has 1 saturated carbocycles. The Labute approximate surface area is 160 Å². The maximum absolute atomic E-state index is 12.4. The van der Waals surface area contributed by atoms with Crippen LogP contribution in [0.2, 0.25) is 0 Å². The first-order chi connectivity index (χ1) is 13.1. The van der Waals surface area contributed by atoms with E-state index < -0.39 is 17.5 Å². The van der Waals surface area contributed by atoms with Crippen LogP contribution in [0.15, 0.2) is 73.3 Å². The quantitative estimate of drug-likeness (QED) is 0.599. The zero-order valence-corrected chi connectivity index (χ0v) is 15.6. The molecule has 1 N–H and O–H groups in total. The minimum atomic E-state index is -1.59. The average Bonchev–Trinajstić information content (AvgIpc) is 3.01. The van der Waals surface area contributed by atoms with E-state index in [1.54, 1.807) is 6.08 Å². The maximum Gasteiger partial charge on any atom is 0.338 e. The van der Waals surface area contributed by atoms with E-state index >= 15 is 0 Å². The van der Waals surface area contributed by atoms with Gasteiger partial charge in [-0.3, -0.25) is 0 Å². The van der Waals surface area contributed by atoms with E-state index in [1.807, 2.05) is 60.7 Å². The Bertz CT molecular complexity index is 758. The van der Waals surface area contributed by atoms with Crippen molar-refractivity contribution in [1.29, 1.82) is 0 Å². The summed E-state index contributed by atoms with van der Waals surface area (Å²) in [6.07, 6.45) is 1.95. The van der Waals surface area contributed by atoms with Crippen molar-refractivity contribution in [2.75, 3.05) is 13.7 Å². The number of carbonyl (C=O) groups excluding carboxylic acids is 1. The van der Waals surface area contributed by atoms with Crippen LogP contribution in [0, 0.1) is 11.8 Å². The number of benzene rings is 2.